The van der Waals surface area contributed by atoms with Crippen molar-refractivity contribution in [2.24, 2.45) is 0 Å². The summed E-state index contributed by atoms with van der Waals surface area (Å²) in [4.78, 5) is 9.75. The molecule has 0 aliphatic rings. The van der Waals surface area contributed by atoms with Crippen LogP contribution in [0.2, 0.25) is 5.02 Å². The van der Waals surface area contributed by atoms with Crippen molar-refractivity contribution in [1.82, 2.24) is 9.97 Å². The molecular weight excluding hydrogens is 266 g/mol. The van der Waals surface area contributed by atoms with Gasteiger partial charge in [-0.25, -0.2) is 9.97 Å². The minimum Gasteiger partial charge on any atom is -0.370 e. The average molecular weight is 282 g/mol. The van der Waals surface area contributed by atoms with E-state index in [0.717, 1.165) is 46.4 Å². The van der Waals surface area contributed by atoms with Gasteiger partial charge in [0.2, 0.25) is 0 Å². The Morgan fingerprint density at radius 3 is 2.78 bits per heavy atom. The monoisotopic (exact) mass is 281 g/mol. The highest BCUT2D eigenvalue weighted by atomic mass is 35.5. The first-order chi connectivity index (χ1) is 8.77. The zero-order valence-electron chi connectivity index (χ0n) is 10.5. The van der Waals surface area contributed by atoms with E-state index in [4.69, 9.17) is 11.6 Å². The van der Waals surface area contributed by atoms with Gasteiger partial charge >= 0.3 is 0 Å². The van der Waals surface area contributed by atoms with Crippen LogP contribution in [-0.4, -0.2) is 16.5 Å². The maximum absolute atomic E-state index is 6.19. The minimum absolute atomic E-state index is 0.759. The molecule has 2 heterocycles. The fourth-order valence-electron chi connectivity index (χ4n) is 1.80. The SMILES string of the molecule is CCCNc1ncnc(-c2sccc2Cl)c1CC. The Labute approximate surface area is 116 Å². The Morgan fingerprint density at radius 1 is 1.33 bits per heavy atom. The van der Waals surface area contributed by atoms with E-state index in [1.54, 1.807) is 17.7 Å². The molecule has 18 heavy (non-hydrogen) atoms. The molecule has 0 saturated heterocycles. The summed E-state index contributed by atoms with van der Waals surface area (Å²) >= 11 is 7.80. The van der Waals surface area contributed by atoms with Gasteiger partial charge in [0.1, 0.15) is 12.1 Å². The van der Waals surface area contributed by atoms with Gasteiger partial charge in [0.15, 0.2) is 0 Å². The molecule has 2 rings (SSSR count). The van der Waals surface area contributed by atoms with Crippen molar-refractivity contribution >= 4 is 28.8 Å². The molecule has 96 valence electrons. The van der Waals surface area contributed by atoms with Gasteiger partial charge in [0, 0.05) is 12.1 Å². The first kappa shape index (κ1) is 13.3. The maximum atomic E-state index is 6.19. The van der Waals surface area contributed by atoms with E-state index < -0.39 is 0 Å². The standard InChI is InChI=1S/C13H16ClN3S/c1-3-6-15-13-9(4-2)11(16-8-17-13)12-10(14)5-7-18-12/h5,7-8H,3-4,6H2,1-2H3,(H,15,16,17). The molecule has 0 radical (unpaired) electrons. The lowest BCUT2D eigenvalue weighted by atomic mass is 10.1. The summed E-state index contributed by atoms with van der Waals surface area (Å²) in [7, 11) is 0. The summed E-state index contributed by atoms with van der Waals surface area (Å²) in [5, 5.41) is 6.09. The largest absolute Gasteiger partial charge is 0.370 e. The van der Waals surface area contributed by atoms with E-state index >= 15 is 0 Å². The number of nitrogens with one attached hydrogen (secondary N) is 1. The van der Waals surface area contributed by atoms with Gasteiger partial charge in [-0.2, -0.15) is 0 Å². The van der Waals surface area contributed by atoms with Gasteiger partial charge in [0.25, 0.3) is 0 Å². The molecule has 0 aliphatic heterocycles. The molecule has 0 amide bonds. The van der Waals surface area contributed by atoms with Crippen molar-refractivity contribution in [1.29, 1.82) is 0 Å². The number of aromatic nitrogens is 2. The smallest absolute Gasteiger partial charge is 0.133 e. The van der Waals surface area contributed by atoms with Gasteiger partial charge in [-0.3, -0.25) is 0 Å². The summed E-state index contributed by atoms with van der Waals surface area (Å²) in [5.74, 6) is 0.925. The van der Waals surface area contributed by atoms with Crippen LogP contribution in [0, 0.1) is 0 Å². The van der Waals surface area contributed by atoms with Crippen LogP contribution >= 0.6 is 22.9 Å². The van der Waals surface area contributed by atoms with Gasteiger partial charge in [-0.05, 0) is 24.3 Å². The second-order valence-corrected chi connectivity index (χ2v) is 5.25. The first-order valence-electron chi connectivity index (χ1n) is 6.09. The highest BCUT2D eigenvalue weighted by Gasteiger charge is 2.14. The summed E-state index contributed by atoms with van der Waals surface area (Å²) < 4.78 is 0. The Kier molecular flexibility index (Phi) is 4.55. The number of hydrogen-bond acceptors (Lipinski definition) is 4. The van der Waals surface area contributed by atoms with Gasteiger partial charge < -0.3 is 5.32 Å². The second-order valence-electron chi connectivity index (χ2n) is 3.93. The topological polar surface area (TPSA) is 37.8 Å². The summed E-state index contributed by atoms with van der Waals surface area (Å²) in [5.41, 5.74) is 2.08. The summed E-state index contributed by atoms with van der Waals surface area (Å²) in [6.45, 7) is 5.17. The van der Waals surface area contributed by atoms with Crippen molar-refractivity contribution in [2.45, 2.75) is 26.7 Å². The number of halogens is 1. The Morgan fingerprint density at radius 2 is 2.17 bits per heavy atom. The van der Waals surface area contributed by atoms with Crippen molar-refractivity contribution in [3.63, 3.8) is 0 Å². The lowest BCUT2D eigenvalue weighted by Crippen LogP contribution is -2.07. The van der Waals surface area contributed by atoms with Crippen molar-refractivity contribution in [3.8, 4) is 10.6 Å². The van der Waals surface area contributed by atoms with Crippen LogP contribution in [0.1, 0.15) is 25.8 Å². The van der Waals surface area contributed by atoms with Crippen LogP contribution < -0.4 is 5.32 Å². The van der Waals surface area contributed by atoms with Crippen LogP contribution in [-0.2, 0) is 6.42 Å². The van der Waals surface area contributed by atoms with Gasteiger partial charge in [-0.15, -0.1) is 11.3 Å². The zero-order chi connectivity index (χ0) is 13.0. The highest BCUT2D eigenvalue weighted by Crippen LogP contribution is 2.35. The van der Waals surface area contributed by atoms with E-state index in [1.807, 2.05) is 11.4 Å². The van der Waals surface area contributed by atoms with Crippen molar-refractivity contribution < 1.29 is 0 Å². The molecule has 0 saturated carbocycles. The number of rotatable bonds is 5. The van der Waals surface area contributed by atoms with Crippen molar-refractivity contribution in [3.05, 3.63) is 28.4 Å². The first-order valence-corrected chi connectivity index (χ1v) is 7.34. The molecule has 0 fully saturated rings. The molecule has 0 aromatic carbocycles. The third-order valence-electron chi connectivity index (χ3n) is 2.67. The van der Waals surface area contributed by atoms with E-state index in [9.17, 15) is 0 Å². The summed E-state index contributed by atoms with van der Waals surface area (Å²) in [6, 6.07) is 1.91. The van der Waals surface area contributed by atoms with E-state index in [0.29, 0.717) is 0 Å². The Bertz CT molecular complexity index is 525. The van der Waals surface area contributed by atoms with E-state index in [1.165, 1.54) is 0 Å². The second kappa shape index (κ2) is 6.16. The Balaban J connectivity index is 2.45. The zero-order valence-corrected chi connectivity index (χ0v) is 12.1. The predicted octanol–water partition coefficient (Wildman–Crippen LogP) is 4.24. The maximum Gasteiger partial charge on any atom is 0.133 e. The number of thiophene rings is 1. The number of anilines is 1. The molecule has 0 aliphatic carbocycles. The van der Waals surface area contributed by atoms with Gasteiger partial charge in [0.05, 0.1) is 15.6 Å². The lowest BCUT2D eigenvalue weighted by molar-refractivity contribution is 0.950. The normalized spacial score (nSPS) is 10.6. The molecule has 0 bridgehead atoms. The van der Waals surface area contributed by atoms with Crippen LogP contribution in [0.5, 0.6) is 0 Å². The van der Waals surface area contributed by atoms with E-state index in [-0.39, 0.29) is 0 Å². The van der Waals surface area contributed by atoms with Crippen LogP contribution in [0.3, 0.4) is 0 Å². The van der Waals surface area contributed by atoms with E-state index in [2.05, 4.69) is 29.1 Å². The fraction of sp³-hybridized carbons (Fsp3) is 0.385. The third kappa shape index (κ3) is 2.65. The molecule has 2 aromatic heterocycles. The fourth-order valence-corrected chi connectivity index (χ4v) is 2.97. The molecule has 3 nitrogen and oxygen atoms in total. The molecule has 0 unspecified atom stereocenters. The van der Waals surface area contributed by atoms with Crippen LogP contribution in [0.15, 0.2) is 17.8 Å². The average Bonchev–Trinajstić information content (AvgIpc) is 2.81. The lowest BCUT2D eigenvalue weighted by Gasteiger charge is -2.12. The third-order valence-corrected chi connectivity index (χ3v) is 4.02. The van der Waals surface area contributed by atoms with Crippen LogP contribution in [0.25, 0.3) is 10.6 Å². The molecule has 5 heteroatoms. The Hall–Kier alpha value is -1.13. The molecular formula is C13H16ClN3S. The quantitative estimate of drug-likeness (QED) is 0.891. The van der Waals surface area contributed by atoms with Gasteiger partial charge in [-0.1, -0.05) is 25.4 Å². The summed E-state index contributed by atoms with van der Waals surface area (Å²) in [6.07, 6.45) is 3.56. The number of hydrogen-bond donors (Lipinski definition) is 1. The molecule has 0 atom stereocenters. The number of nitrogens with zero attached hydrogens (tertiary/aromatic N) is 2. The predicted molar refractivity (Wildman–Crippen MR) is 78.5 cm³/mol. The van der Waals surface area contributed by atoms with Crippen LogP contribution in [0.4, 0.5) is 5.82 Å². The molecule has 1 N–H and O–H groups in total. The van der Waals surface area contributed by atoms with Crippen molar-refractivity contribution in [2.75, 3.05) is 11.9 Å². The molecule has 2 aromatic rings. The minimum atomic E-state index is 0.759. The highest BCUT2D eigenvalue weighted by molar-refractivity contribution is 7.14. The molecule has 0 spiro atoms.